The third-order valence-corrected chi connectivity index (χ3v) is 3.15. The topological polar surface area (TPSA) is 58.6 Å². The first kappa shape index (κ1) is 13.2. The lowest BCUT2D eigenvalue weighted by atomic mass is 10.2. The Labute approximate surface area is 99.2 Å². The molecule has 90 valence electrons. The van der Waals surface area contributed by atoms with Crippen molar-refractivity contribution in [3.63, 3.8) is 0 Å². The van der Waals surface area contributed by atoms with Crippen molar-refractivity contribution in [3.8, 4) is 0 Å². The predicted octanol–water partition coefficient (Wildman–Crippen LogP) is 1.82. The number of methoxy groups -OCH3 is 1. The van der Waals surface area contributed by atoms with Crippen LogP contribution >= 0.6 is 11.3 Å². The summed E-state index contributed by atoms with van der Waals surface area (Å²) in [5.74, 6) is -0.423. The van der Waals surface area contributed by atoms with E-state index in [9.17, 15) is 4.79 Å². The van der Waals surface area contributed by atoms with Crippen LogP contribution in [0.1, 0.15) is 22.2 Å². The summed E-state index contributed by atoms with van der Waals surface area (Å²) in [6.45, 7) is 4.21. The number of carbonyl (C=O) groups is 1. The Morgan fingerprint density at radius 1 is 1.69 bits per heavy atom. The summed E-state index contributed by atoms with van der Waals surface area (Å²) in [5.41, 5.74) is 0.849. The second-order valence-electron chi connectivity index (χ2n) is 3.77. The van der Waals surface area contributed by atoms with Crippen molar-refractivity contribution in [3.05, 3.63) is 21.9 Å². The molecule has 1 atom stereocenters. The van der Waals surface area contributed by atoms with Gasteiger partial charge in [-0.15, -0.1) is 11.3 Å². The maximum absolute atomic E-state index is 10.8. The van der Waals surface area contributed by atoms with E-state index in [0.29, 0.717) is 23.9 Å². The molecule has 0 amide bonds. The van der Waals surface area contributed by atoms with Gasteiger partial charge in [-0.25, -0.2) is 4.79 Å². The van der Waals surface area contributed by atoms with Gasteiger partial charge in [-0.05, 0) is 22.9 Å². The molecule has 0 aliphatic rings. The highest BCUT2D eigenvalue weighted by atomic mass is 32.1. The molecule has 1 rings (SSSR count). The first-order chi connectivity index (χ1) is 7.65. The fourth-order valence-electron chi connectivity index (χ4n) is 1.46. The van der Waals surface area contributed by atoms with E-state index in [1.54, 1.807) is 12.5 Å². The Morgan fingerprint density at radius 3 is 3.06 bits per heavy atom. The van der Waals surface area contributed by atoms with Crippen LogP contribution in [0, 0.1) is 5.92 Å². The number of carboxylic acids is 1. The highest BCUT2D eigenvalue weighted by Gasteiger charge is 2.11. The molecule has 1 heterocycles. The van der Waals surface area contributed by atoms with Crippen molar-refractivity contribution in [1.82, 2.24) is 5.32 Å². The minimum Gasteiger partial charge on any atom is -0.477 e. The maximum atomic E-state index is 10.8. The monoisotopic (exact) mass is 243 g/mol. The minimum atomic E-state index is -0.850. The number of nitrogens with one attached hydrogen (secondary N) is 1. The molecule has 1 aromatic heterocycles. The smallest absolute Gasteiger partial charge is 0.346 e. The SMILES string of the molecule is COCC(C)CNCc1ccsc1C(=O)O. The molecule has 4 nitrogen and oxygen atoms in total. The Bertz CT molecular complexity index is 338. The number of ether oxygens (including phenoxy) is 1. The number of thiophene rings is 1. The fraction of sp³-hybridized carbons (Fsp3) is 0.545. The Hall–Kier alpha value is -0.910. The Balaban J connectivity index is 2.37. The molecule has 0 aliphatic heterocycles. The quantitative estimate of drug-likeness (QED) is 0.767. The van der Waals surface area contributed by atoms with Crippen LogP contribution in [-0.4, -0.2) is 31.3 Å². The molecule has 1 unspecified atom stereocenters. The van der Waals surface area contributed by atoms with Gasteiger partial charge in [0.2, 0.25) is 0 Å². The highest BCUT2D eigenvalue weighted by molar-refractivity contribution is 7.12. The summed E-state index contributed by atoms with van der Waals surface area (Å²) in [6, 6.07) is 1.85. The van der Waals surface area contributed by atoms with Crippen molar-refractivity contribution < 1.29 is 14.6 Å². The maximum Gasteiger partial charge on any atom is 0.346 e. The molecule has 0 radical (unpaired) electrons. The van der Waals surface area contributed by atoms with E-state index in [1.165, 1.54) is 11.3 Å². The zero-order valence-electron chi connectivity index (χ0n) is 9.53. The zero-order chi connectivity index (χ0) is 12.0. The molecular formula is C11H17NO3S. The van der Waals surface area contributed by atoms with E-state index in [0.717, 1.165) is 12.1 Å². The van der Waals surface area contributed by atoms with E-state index >= 15 is 0 Å². The molecule has 0 aliphatic carbocycles. The van der Waals surface area contributed by atoms with Crippen LogP contribution in [0.25, 0.3) is 0 Å². The van der Waals surface area contributed by atoms with Gasteiger partial charge in [0.15, 0.2) is 0 Å². The van der Waals surface area contributed by atoms with Crippen molar-refractivity contribution in [1.29, 1.82) is 0 Å². The lowest BCUT2D eigenvalue weighted by Crippen LogP contribution is -2.23. The van der Waals surface area contributed by atoms with Gasteiger partial charge in [0, 0.05) is 26.8 Å². The van der Waals surface area contributed by atoms with Crippen molar-refractivity contribution in [2.45, 2.75) is 13.5 Å². The van der Waals surface area contributed by atoms with Crippen LogP contribution in [0.15, 0.2) is 11.4 Å². The first-order valence-corrected chi connectivity index (χ1v) is 6.02. The average Bonchev–Trinajstić information content (AvgIpc) is 2.66. The summed E-state index contributed by atoms with van der Waals surface area (Å²) >= 11 is 1.26. The second-order valence-corrected chi connectivity index (χ2v) is 4.69. The zero-order valence-corrected chi connectivity index (χ0v) is 10.3. The molecule has 0 spiro atoms. The summed E-state index contributed by atoms with van der Waals surface area (Å²) in [7, 11) is 1.68. The van der Waals surface area contributed by atoms with Crippen LogP contribution in [-0.2, 0) is 11.3 Å². The Kier molecular flexibility index (Phi) is 5.45. The normalized spacial score (nSPS) is 12.6. The van der Waals surface area contributed by atoms with Crippen LogP contribution < -0.4 is 5.32 Å². The number of hydrogen-bond donors (Lipinski definition) is 2. The lowest BCUT2D eigenvalue weighted by molar-refractivity contribution is 0.0701. The first-order valence-electron chi connectivity index (χ1n) is 5.14. The van der Waals surface area contributed by atoms with Crippen molar-refractivity contribution in [2.75, 3.05) is 20.3 Å². The van der Waals surface area contributed by atoms with Gasteiger partial charge in [-0.2, -0.15) is 0 Å². The average molecular weight is 243 g/mol. The standard InChI is InChI=1S/C11H17NO3S/c1-8(7-15-2)5-12-6-9-3-4-16-10(9)11(13)14/h3-4,8,12H,5-7H2,1-2H3,(H,13,14). The summed E-state index contributed by atoms with van der Waals surface area (Å²) < 4.78 is 5.02. The fourth-order valence-corrected chi connectivity index (χ4v) is 2.22. The van der Waals surface area contributed by atoms with E-state index in [4.69, 9.17) is 9.84 Å². The van der Waals surface area contributed by atoms with Crippen LogP contribution in [0.4, 0.5) is 0 Å². The molecule has 0 bridgehead atoms. The van der Waals surface area contributed by atoms with E-state index in [1.807, 2.05) is 6.07 Å². The van der Waals surface area contributed by atoms with E-state index in [2.05, 4.69) is 12.2 Å². The van der Waals surface area contributed by atoms with Crippen LogP contribution in [0.2, 0.25) is 0 Å². The molecule has 0 fully saturated rings. The third-order valence-electron chi connectivity index (χ3n) is 2.20. The molecule has 1 aromatic rings. The van der Waals surface area contributed by atoms with Crippen LogP contribution in [0.3, 0.4) is 0 Å². The highest BCUT2D eigenvalue weighted by Crippen LogP contribution is 2.16. The second kappa shape index (κ2) is 6.62. The van der Waals surface area contributed by atoms with E-state index in [-0.39, 0.29) is 0 Å². The van der Waals surface area contributed by atoms with E-state index < -0.39 is 5.97 Å². The molecule has 0 saturated heterocycles. The van der Waals surface area contributed by atoms with Crippen molar-refractivity contribution >= 4 is 17.3 Å². The summed E-state index contributed by atoms with van der Waals surface area (Å²) in [5, 5.41) is 13.9. The third kappa shape index (κ3) is 3.92. The van der Waals surface area contributed by atoms with Gasteiger partial charge < -0.3 is 15.2 Å². The Morgan fingerprint density at radius 2 is 2.44 bits per heavy atom. The molecule has 16 heavy (non-hydrogen) atoms. The minimum absolute atomic E-state index is 0.423. The molecular weight excluding hydrogens is 226 g/mol. The molecule has 0 aromatic carbocycles. The molecule has 0 saturated carbocycles. The van der Waals surface area contributed by atoms with Gasteiger partial charge in [0.1, 0.15) is 4.88 Å². The van der Waals surface area contributed by atoms with Gasteiger partial charge in [0.25, 0.3) is 0 Å². The lowest BCUT2D eigenvalue weighted by Gasteiger charge is -2.11. The summed E-state index contributed by atoms with van der Waals surface area (Å²) in [6.07, 6.45) is 0. The molecule has 5 heteroatoms. The van der Waals surface area contributed by atoms with Gasteiger partial charge in [-0.1, -0.05) is 6.92 Å². The number of aromatic carboxylic acids is 1. The predicted molar refractivity (Wildman–Crippen MR) is 64.0 cm³/mol. The summed E-state index contributed by atoms with van der Waals surface area (Å²) in [4.78, 5) is 11.3. The van der Waals surface area contributed by atoms with Gasteiger partial charge in [-0.3, -0.25) is 0 Å². The van der Waals surface area contributed by atoms with Gasteiger partial charge >= 0.3 is 5.97 Å². The van der Waals surface area contributed by atoms with Crippen LogP contribution in [0.5, 0.6) is 0 Å². The van der Waals surface area contributed by atoms with Gasteiger partial charge in [0.05, 0.1) is 0 Å². The molecule has 2 N–H and O–H groups in total. The number of carboxylic acid groups (broad SMARTS) is 1. The number of rotatable bonds is 7. The number of hydrogen-bond acceptors (Lipinski definition) is 4. The largest absolute Gasteiger partial charge is 0.477 e. The van der Waals surface area contributed by atoms with Crippen molar-refractivity contribution in [2.24, 2.45) is 5.92 Å².